The van der Waals surface area contributed by atoms with Gasteiger partial charge in [-0.3, -0.25) is 4.79 Å². The van der Waals surface area contributed by atoms with Crippen LogP contribution in [0.2, 0.25) is 0 Å². The molecule has 0 radical (unpaired) electrons. The summed E-state index contributed by atoms with van der Waals surface area (Å²) in [6, 6.07) is 10.0. The quantitative estimate of drug-likeness (QED) is 0.881. The van der Waals surface area contributed by atoms with Crippen LogP contribution in [0, 0.1) is 24.1 Å². The number of carbonyl (C=O) groups excluding carboxylic acids is 1. The largest absolute Gasteiger partial charge is 0.507 e. The van der Waals surface area contributed by atoms with Crippen LogP contribution in [0.15, 0.2) is 36.4 Å². The van der Waals surface area contributed by atoms with Crippen LogP contribution in [0.25, 0.3) is 0 Å². The second-order valence-electron chi connectivity index (χ2n) is 4.28. The van der Waals surface area contributed by atoms with Gasteiger partial charge in [-0.2, -0.15) is 5.26 Å². The third-order valence-corrected chi connectivity index (χ3v) is 2.74. The highest BCUT2D eigenvalue weighted by atomic mass is 19.1. The molecule has 4 nitrogen and oxygen atoms in total. The molecule has 0 heterocycles. The Hall–Kier alpha value is -2.87. The van der Waals surface area contributed by atoms with Crippen molar-refractivity contribution >= 4 is 11.6 Å². The third kappa shape index (κ3) is 2.75. The van der Waals surface area contributed by atoms with E-state index in [4.69, 9.17) is 5.26 Å². The normalized spacial score (nSPS) is 9.85. The summed E-state index contributed by atoms with van der Waals surface area (Å²) in [5, 5.41) is 20.9. The van der Waals surface area contributed by atoms with E-state index in [-0.39, 0.29) is 22.6 Å². The average Bonchev–Trinajstić information content (AvgIpc) is 2.43. The zero-order chi connectivity index (χ0) is 14.7. The van der Waals surface area contributed by atoms with Crippen LogP contribution < -0.4 is 5.32 Å². The van der Waals surface area contributed by atoms with Crippen LogP contribution in [-0.4, -0.2) is 11.0 Å². The zero-order valence-corrected chi connectivity index (χ0v) is 10.6. The number of nitrogens with one attached hydrogen (secondary N) is 1. The van der Waals surface area contributed by atoms with Crippen molar-refractivity contribution < 1.29 is 14.3 Å². The van der Waals surface area contributed by atoms with Crippen LogP contribution in [0.3, 0.4) is 0 Å². The Kier molecular flexibility index (Phi) is 3.67. The van der Waals surface area contributed by atoms with E-state index in [9.17, 15) is 14.3 Å². The first-order chi connectivity index (χ1) is 9.51. The molecule has 0 fully saturated rings. The molecule has 0 unspecified atom stereocenters. The Morgan fingerprint density at radius 3 is 2.75 bits per heavy atom. The van der Waals surface area contributed by atoms with Gasteiger partial charge in [0, 0.05) is 5.69 Å². The van der Waals surface area contributed by atoms with E-state index in [0.717, 1.165) is 11.6 Å². The maximum absolute atomic E-state index is 13.2. The molecule has 0 saturated carbocycles. The molecule has 2 rings (SSSR count). The molecule has 5 heteroatoms. The highest BCUT2D eigenvalue weighted by Gasteiger charge is 2.12. The second-order valence-corrected chi connectivity index (χ2v) is 4.28. The lowest BCUT2D eigenvalue weighted by atomic mass is 10.1. The molecule has 100 valence electrons. The minimum atomic E-state index is -0.649. The molecule has 0 aliphatic rings. The zero-order valence-electron chi connectivity index (χ0n) is 10.6. The molecule has 0 atom stereocenters. The number of amides is 1. The molecule has 0 aromatic heterocycles. The highest BCUT2D eigenvalue weighted by molar-refractivity contribution is 6.06. The summed E-state index contributed by atoms with van der Waals surface area (Å²) < 4.78 is 13.2. The number of hydrogen-bond donors (Lipinski definition) is 2. The van der Waals surface area contributed by atoms with Crippen molar-refractivity contribution in [2.45, 2.75) is 6.92 Å². The predicted molar refractivity (Wildman–Crippen MR) is 71.9 cm³/mol. The number of anilines is 1. The maximum atomic E-state index is 13.2. The Morgan fingerprint density at radius 1 is 1.30 bits per heavy atom. The molecule has 2 aromatic rings. The van der Waals surface area contributed by atoms with Crippen molar-refractivity contribution in [3.8, 4) is 11.8 Å². The molecule has 0 aliphatic carbocycles. The topological polar surface area (TPSA) is 73.1 Å². The van der Waals surface area contributed by atoms with E-state index in [1.807, 2.05) is 0 Å². The number of phenolic OH excluding ortho intramolecular Hbond substituents is 1. The third-order valence-electron chi connectivity index (χ3n) is 2.74. The van der Waals surface area contributed by atoms with Crippen LogP contribution in [0.1, 0.15) is 21.5 Å². The van der Waals surface area contributed by atoms with Gasteiger partial charge in [0.2, 0.25) is 0 Å². The van der Waals surface area contributed by atoms with E-state index in [1.54, 1.807) is 25.1 Å². The van der Waals surface area contributed by atoms with Gasteiger partial charge < -0.3 is 10.4 Å². The number of rotatable bonds is 2. The fourth-order valence-electron chi connectivity index (χ4n) is 1.72. The van der Waals surface area contributed by atoms with Crippen LogP contribution in [-0.2, 0) is 0 Å². The van der Waals surface area contributed by atoms with Crippen molar-refractivity contribution in [3.63, 3.8) is 0 Å². The fourth-order valence-corrected chi connectivity index (χ4v) is 1.72. The number of aromatic hydroxyl groups is 1. The lowest BCUT2D eigenvalue weighted by Gasteiger charge is -2.08. The van der Waals surface area contributed by atoms with E-state index in [1.165, 1.54) is 18.2 Å². The predicted octanol–water partition coefficient (Wildman–Crippen LogP) is 2.96. The van der Waals surface area contributed by atoms with E-state index >= 15 is 0 Å². The maximum Gasteiger partial charge on any atom is 0.259 e. The van der Waals surface area contributed by atoms with Crippen molar-refractivity contribution in [3.05, 3.63) is 58.9 Å². The van der Waals surface area contributed by atoms with Crippen LogP contribution in [0.4, 0.5) is 10.1 Å². The Bertz CT molecular complexity index is 720. The Balaban J connectivity index is 2.28. The van der Waals surface area contributed by atoms with Gasteiger partial charge in [0.05, 0.1) is 11.1 Å². The molecule has 0 aliphatic heterocycles. The summed E-state index contributed by atoms with van der Waals surface area (Å²) in [5.74, 6) is -1.32. The lowest BCUT2D eigenvalue weighted by molar-refractivity contribution is 0.102. The molecule has 0 spiro atoms. The Morgan fingerprint density at radius 2 is 2.05 bits per heavy atom. The van der Waals surface area contributed by atoms with Gasteiger partial charge in [-0.25, -0.2) is 4.39 Å². The first kappa shape index (κ1) is 13.6. The summed E-state index contributed by atoms with van der Waals surface area (Å²) in [5.41, 5.74) is 1.07. The standard InChI is InChI=1S/C15H11FN2O2/c1-9-2-5-14(19)12(6-9)15(20)18-11-3-4-13(16)10(7-11)8-17/h2-7,19H,1H3,(H,18,20). The van der Waals surface area contributed by atoms with Crippen molar-refractivity contribution in [1.82, 2.24) is 0 Å². The van der Waals surface area contributed by atoms with Crippen molar-refractivity contribution in [2.75, 3.05) is 5.32 Å². The SMILES string of the molecule is Cc1ccc(O)c(C(=O)Nc2ccc(F)c(C#N)c2)c1. The van der Waals surface area contributed by atoms with Gasteiger partial charge in [0.1, 0.15) is 17.6 Å². The Labute approximate surface area is 115 Å². The number of aryl methyl sites for hydroxylation is 1. The summed E-state index contributed by atoms with van der Waals surface area (Å²) in [6.07, 6.45) is 0. The molecule has 20 heavy (non-hydrogen) atoms. The summed E-state index contributed by atoms with van der Waals surface area (Å²) in [6.45, 7) is 1.79. The van der Waals surface area contributed by atoms with E-state index in [0.29, 0.717) is 0 Å². The smallest absolute Gasteiger partial charge is 0.259 e. The first-order valence-electron chi connectivity index (χ1n) is 5.82. The average molecular weight is 270 g/mol. The minimum Gasteiger partial charge on any atom is -0.507 e. The second kappa shape index (κ2) is 5.41. The van der Waals surface area contributed by atoms with Crippen molar-refractivity contribution in [2.24, 2.45) is 0 Å². The molecule has 2 N–H and O–H groups in total. The van der Waals surface area contributed by atoms with Gasteiger partial charge in [0.25, 0.3) is 5.91 Å². The number of benzene rings is 2. The van der Waals surface area contributed by atoms with Gasteiger partial charge in [-0.1, -0.05) is 11.6 Å². The molecular formula is C15H11FN2O2. The molecular weight excluding hydrogens is 259 g/mol. The lowest BCUT2D eigenvalue weighted by Crippen LogP contribution is -2.12. The summed E-state index contributed by atoms with van der Waals surface area (Å²) in [4.78, 5) is 12.0. The molecule has 1 amide bonds. The van der Waals surface area contributed by atoms with Crippen molar-refractivity contribution in [1.29, 1.82) is 5.26 Å². The van der Waals surface area contributed by atoms with Gasteiger partial charge in [-0.05, 0) is 37.3 Å². The number of halogens is 1. The number of hydrogen-bond acceptors (Lipinski definition) is 3. The van der Waals surface area contributed by atoms with Crippen LogP contribution in [0.5, 0.6) is 5.75 Å². The first-order valence-corrected chi connectivity index (χ1v) is 5.82. The minimum absolute atomic E-state index is 0.118. The summed E-state index contributed by atoms with van der Waals surface area (Å²) in [7, 11) is 0. The number of carbonyl (C=O) groups is 1. The van der Waals surface area contributed by atoms with Crippen LogP contribution >= 0.6 is 0 Å². The molecule has 2 aromatic carbocycles. The van der Waals surface area contributed by atoms with Gasteiger partial charge >= 0.3 is 0 Å². The number of phenols is 1. The van der Waals surface area contributed by atoms with Gasteiger partial charge in [0.15, 0.2) is 0 Å². The fraction of sp³-hybridized carbons (Fsp3) is 0.0667. The van der Waals surface area contributed by atoms with E-state index in [2.05, 4.69) is 5.32 Å². The van der Waals surface area contributed by atoms with E-state index < -0.39 is 11.7 Å². The molecule has 0 bridgehead atoms. The monoisotopic (exact) mass is 270 g/mol. The number of nitrogens with zero attached hydrogens (tertiary/aromatic N) is 1. The molecule has 0 saturated heterocycles. The number of nitriles is 1. The summed E-state index contributed by atoms with van der Waals surface area (Å²) >= 11 is 0. The van der Waals surface area contributed by atoms with Gasteiger partial charge in [-0.15, -0.1) is 0 Å². The highest BCUT2D eigenvalue weighted by Crippen LogP contribution is 2.20.